The third-order valence-corrected chi connectivity index (χ3v) is 3.97. The molecule has 1 aliphatic carbocycles. The van der Waals surface area contributed by atoms with E-state index in [1.807, 2.05) is 7.05 Å². The minimum Gasteiger partial charge on any atom is -0.338 e. The van der Waals surface area contributed by atoms with Crippen LogP contribution in [0.25, 0.3) is 0 Å². The van der Waals surface area contributed by atoms with E-state index < -0.39 is 0 Å². The highest BCUT2D eigenvalue weighted by molar-refractivity contribution is 5.84. The Morgan fingerprint density at radius 1 is 1.40 bits per heavy atom. The smallest absolute Gasteiger partial charge is 0.240 e. The van der Waals surface area contributed by atoms with Crippen LogP contribution in [0.15, 0.2) is 0 Å². The van der Waals surface area contributed by atoms with Gasteiger partial charge in [-0.3, -0.25) is 4.79 Å². The summed E-state index contributed by atoms with van der Waals surface area (Å²) in [6.07, 6.45) is 4.60. The number of rotatable bonds is 2. The van der Waals surface area contributed by atoms with Gasteiger partial charge in [-0.15, -0.1) is 0 Å². The van der Waals surface area contributed by atoms with Crippen molar-refractivity contribution in [3.8, 4) is 0 Å². The second-order valence-electron chi connectivity index (χ2n) is 5.72. The molecule has 2 unspecified atom stereocenters. The fourth-order valence-corrected chi connectivity index (χ4v) is 3.00. The second-order valence-corrected chi connectivity index (χ2v) is 5.72. The summed E-state index contributed by atoms with van der Waals surface area (Å²) in [5.74, 6) is 0.320. The first-order valence-electron chi connectivity index (χ1n) is 6.01. The molecule has 2 rings (SSSR count). The lowest BCUT2D eigenvalue weighted by Gasteiger charge is -2.26. The zero-order valence-electron chi connectivity index (χ0n) is 10.0. The lowest BCUT2D eigenvalue weighted by molar-refractivity contribution is -0.131. The van der Waals surface area contributed by atoms with Crippen LogP contribution in [-0.4, -0.2) is 36.5 Å². The van der Waals surface area contributed by atoms with E-state index in [0.29, 0.717) is 17.4 Å². The highest BCUT2D eigenvalue weighted by Crippen LogP contribution is 2.40. The summed E-state index contributed by atoms with van der Waals surface area (Å²) >= 11 is 0. The fourth-order valence-electron chi connectivity index (χ4n) is 3.00. The second kappa shape index (κ2) is 3.78. The fraction of sp³-hybridized carbons (Fsp3) is 0.917. The monoisotopic (exact) mass is 210 g/mol. The van der Waals surface area contributed by atoms with Gasteiger partial charge < -0.3 is 10.2 Å². The Bertz CT molecular complexity index is 262. The topological polar surface area (TPSA) is 32.3 Å². The molecule has 0 radical (unpaired) electrons. The summed E-state index contributed by atoms with van der Waals surface area (Å²) in [5.41, 5.74) is 0.433. The average Bonchev–Trinajstić information content (AvgIpc) is 2.69. The van der Waals surface area contributed by atoms with Crippen molar-refractivity contribution in [3.63, 3.8) is 0 Å². The number of hydrogen-bond acceptors (Lipinski definition) is 2. The maximum Gasteiger partial charge on any atom is 0.240 e. The molecule has 3 nitrogen and oxygen atoms in total. The summed E-state index contributed by atoms with van der Waals surface area (Å²) < 4.78 is 0. The normalized spacial score (nSPS) is 35.1. The maximum absolute atomic E-state index is 12.0. The first kappa shape index (κ1) is 10.9. The van der Waals surface area contributed by atoms with Crippen LogP contribution < -0.4 is 5.32 Å². The number of hydrogen-bond donors (Lipinski definition) is 1. The SMILES string of the molecule is CNC1CCN(C2CCC(C)(C)C2)C1=O. The zero-order chi connectivity index (χ0) is 11.1. The molecule has 0 aromatic rings. The van der Waals surface area contributed by atoms with E-state index in [9.17, 15) is 4.79 Å². The van der Waals surface area contributed by atoms with Crippen molar-refractivity contribution in [2.24, 2.45) is 5.41 Å². The van der Waals surface area contributed by atoms with Crippen LogP contribution in [0.3, 0.4) is 0 Å². The number of amides is 1. The van der Waals surface area contributed by atoms with Gasteiger partial charge in [0.2, 0.25) is 5.91 Å². The van der Waals surface area contributed by atoms with Crippen molar-refractivity contribution in [3.05, 3.63) is 0 Å². The lowest BCUT2D eigenvalue weighted by atomic mass is 9.91. The Labute approximate surface area is 92.2 Å². The van der Waals surface area contributed by atoms with Crippen LogP contribution in [0.1, 0.15) is 39.5 Å². The molecule has 0 aromatic heterocycles. The minimum atomic E-state index is 0.0775. The molecule has 15 heavy (non-hydrogen) atoms. The van der Waals surface area contributed by atoms with Crippen LogP contribution in [0.4, 0.5) is 0 Å². The van der Waals surface area contributed by atoms with Gasteiger partial charge in [0.15, 0.2) is 0 Å². The summed E-state index contributed by atoms with van der Waals surface area (Å²) in [4.78, 5) is 14.1. The molecule has 1 saturated carbocycles. The Kier molecular flexibility index (Phi) is 2.75. The predicted octanol–water partition coefficient (Wildman–Crippen LogP) is 1.39. The molecule has 1 N–H and O–H groups in total. The van der Waals surface area contributed by atoms with Crippen molar-refractivity contribution in [2.45, 2.75) is 51.6 Å². The van der Waals surface area contributed by atoms with Crippen LogP contribution in [0, 0.1) is 5.41 Å². The van der Waals surface area contributed by atoms with E-state index in [-0.39, 0.29) is 6.04 Å². The van der Waals surface area contributed by atoms with Gasteiger partial charge in [0.05, 0.1) is 6.04 Å². The molecule has 1 amide bonds. The van der Waals surface area contributed by atoms with Crippen molar-refractivity contribution in [1.82, 2.24) is 10.2 Å². The summed E-state index contributed by atoms with van der Waals surface area (Å²) in [6, 6.07) is 0.583. The molecule has 86 valence electrons. The molecule has 0 aromatic carbocycles. The van der Waals surface area contributed by atoms with E-state index in [1.54, 1.807) is 0 Å². The third-order valence-electron chi connectivity index (χ3n) is 3.97. The number of carbonyl (C=O) groups excluding carboxylic acids is 1. The van der Waals surface area contributed by atoms with Crippen LogP contribution in [0.2, 0.25) is 0 Å². The van der Waals surface area contributed by atoms with E-state index in [4.69, 9.17) is 0 Å². The molecule has 1 heterocycles. The molecule has 1 aliphatic heterocycles. The van der Waals surface area contributed by atoms with Crippen LogP contribution in [-0.2, 0) is 4.79 Å². The van der Waals surface area contributed by atoms with Gasteiger partial charge in [0.1, 0.15) is 0 Å². The van der Waals surface area contributed by atoms with E-state index >= 15 is 0 Å². The average molecular weight is 210 g/mol. The largest absolute Gasteiger partial charge is 0.338 e. The molecule has 0 spiro atoms. The van der Waals surface area contributed by atoms with Crippen molar-refractivity contribution in [1.29, 1.82) is 0 Å². The van der Waals surface area contributed by atoms with Gasteiger partial charge in [0, 0.05) is 12.6 Å². The van der Waals surface area contributed by atoms with E-state index in [2.05, 4.69) is 24.1 Å². The van der Waals surface area contributed by atoms with Crippen molar-refractivity contribution in [2.75, 3.05) is 13.6 Å². The predicted molar refractivity (Wildman–Crippen MR) is 60.6 cm³/mol. The Morgan fingerprint density at radius 2 is 2.13 bits per heavy atom. The van der Waals surface area contributed by atoms with Gasteiger partial charge in [-0.25, -0.2) is 0 Å². The number of likely N-dealkylation sites (N-methyl/N-ethyl adjacent to an activating group) is 1. The third kappa shape index (κ3) is 2.03. The highest BCUT2D eigenvalue weighted by atomic mass is 16.2. The molecule has 2 fully saturated rings. The minimum absolute atomic E-state index is 0.0775. The standard InChI is InChI=1S/C12H22N2O/c1-12(2)6-4-9(8-12)14-7-5-10(13-3)11(14)15/h9-10,13H,4-8H2,1-3H3. The Balaban J connectivity index is 1.99. The summed E-state index contributed by atoms with van der Waals surface area (Å²) in [6.45, 7) is 5.57. The van der Waals surface area contributed by atoms with Crippen molar-refractivity contribution < 1.29 is 4.79 Å². The van der Waals surface area contributed by atoms with Gasteiger partial charge in [-0.05, 0) is 38.1 Å². The molecule has 2 aliphatic rings. The number of likely N-dealkylation sites (tertiary alicyclic amines) is 1. The first-order valence-corrected chi connectivity index (χ1v) is 6.01. The number of nitrogens with one attached hydrogen (secondary N) is 1. The molecular formula is C12H22N2O. The molecule has 2 atom stereocenters. The Morgan fingerprint density at radius 3 is 2.60 bits per heavy atom. The van der Waals surface area contributed by atoms with Gasteiger partial charge in [-0.1, -0.05) is 13.8 Å². The summed E-state index contributed by atoms with van der Waals surface area (Å²) in [5, 5.41) is 3.10. The van der Waals surface area contributed by atoms with Crippen LogP contribution in [0.5, 0.6) is 0 Å². The lowest BCUT2D eigenvalue weighted by Crippen LogP contribution is -2.41. The molecular weight excluding hydrogens is 188 g/mol. The Hall–Kier alpha value is -0.570. The number of nitrogens with zero attached hydrogens (tertiary/aromatic N) is 1. The zero-order valence-corrected chi connectivity index (χ0v) is 10.0. The van der Waals surface area contributed by atoms with E-state index in [0.717, 1.165) is 13.0 Å². The molecule has 0 bridgehead atoms. The van der Waals surface area contributed by atoms with Crippen LogP contribution >= 0.6 is 0 Å². The number of carbonyl (C=O) groups is 1. The summed E-state index contributed by atoms with van der Waals surface area (Å²) in [7, 11) is 1.88. The van der Waals surface area contributed by atoms with Gasteiger partial charge >= 0.3 is 0 Å². The maximum atomic E-state index is 12.0. The quantitative estimate of drug-likeness (QED) is 0.747. The van der Waals surface area contributed by atoms with Gasteiger partial charge in [0.25, 0.3) is 0 Å². The first-order chi connectivity index (χ1) is 7.03. The molecule has 3 heteroatoms. The highest BCUT2D eigenvalue weighted by Gasteiger charge is 2.40. The molecule has 1 saturated heterocycles. The van der Waals surface area contributed by atoms with Crippen molar-refractivity contribution >= 4 is 5.91 Å². The van der Waals surface area contributed by atoms with E-state index in [1.165, 1.54) is 19.3 Å². The van der Waals surface area contributed by atoms with Gasteiger partial charge in [-0.2, -0.15) is 0 Å².